The molecule has 6 nitrogen and oxygen atoms in total. The zero-order valence-electron chi connectivity index (χ0n) is 10.7. The SMILES string of the molecule is NC(=NO)c1ccc(CNS(=O)(=O)c2ccc(Br)s2)cc1. The second-order valence-electron chi connectivity index (χ2n) is 4.07. The Balaban J connectivity index is 2.06. The number of amidine groups is 1. The highest BCUT2D eigenvalue weighted by molar-refractivity contribution is 9.11. The van der Waals surface area contributed by atoms with Gasteiger partial charge in [-0.1, -0.05) is 29.4 Å². The Hall–Kier alpha value is -1.42. The maximum absolute atomic E-state index is 12.0. The molecule has 1 heterocycles. The first-order chi connectivity index (χ1) is 9.92. The van der Waals surface area contributed by atoms with E-state index in [0.29, 0.717) is 5.56 Å². The Morgan fingerprint density at radius 1 is 1.29 bits per heavy atom. The Morgan fingerprint density at radius 3 is 2.48 bits per heavy atom. The number of halogens is 1. The van der Waals surface area contributed by atoms with Gasteiger partial charge in [0.15, 0.2) is 5.84 Å². The molecule has 0 spiro atoms. The highest BCUT2D eigenvalue weighted by Crippen LogP contribution is 2.25. The van der Waals surface area contributed by atoms with Gasteiger partial charge in [0.1, 0.15) is 4.21 Å². The molecule has 0 aliphatic heterocycles. The van der Waals surface area contributed by atoms with E-state index in [0.717, 1.165) is 20.7 Å². The summed E-state index contributed by atoms with van der Waals surface area (Å²) in [7, 11) is -3.52. The third kappa shape index (κ3) is 4.03. The molecule has 0 saturated carbocycles. The van der Waals surface area contributed by atoms with Crippen LogP contribution in [0.25, 0.3) is 0 Å². The van der Waals surface area contributed by atoms with E-state index in [1.165, 1.54) is 0 Å². The minimum absolute atomic E-state index is 0.00515. The van der Waals surface area contributed by atoms with E-state index < -0.39 is 10.0 Å². The molecule has 0 fully saturated rings. The van der Waals surface area contributed by atoms with Crippen LogP contribution in [0.1, 0.15) is 11.1 Å². The third-order valence-electron chi connectivity index (χ3n) is 2.64. The van der Waals surface area contributed by atoms with Crippen molar-refractivity contribution in [2.24, 2.45) is 10.9 Å². The van der Waals surface area contributed by atoms with Crippen LogP contribution in [0, 0.1) is 0 Å². The first-order valence-electron chi connectivity index (χ1n) is 5.74. The maximum Gasteiger partial charge on any atom is 0.250 e. The summed E-state index contributed by atoms with van der Waals surface area (Å²) in [4.78, 5) is 0. The van der Waals surface area contributed by atoms with E-state index in [1.54, 1.807) is 36.4 Å². The van der Waals surface area contributed by atoms with Crippen LogP contribution in [0.15, 0.2) is 49.5 Å². The van der Waals surface area contributed by atoms with Gasteiger partial charge in [0, 0.05) is 12.1 Å². The van der Waals surface area contributed by atoms with Crippen molar-refractivity contribution in [1.82, 2.24) is 4.72 Å². The van der Waals surface area contributed by atoms with Crippen LogP contribution in [0.3, 0.4) is 0 Å². The van der Waals surface area contributed by atoms with Crippen molar-refractivity contribution in [1.29, 1.82) is 0 Å². The van der Waals surface area contributed by atoms with Gasteiger partial charge in [-0.15, -0.1) is 11.3 Å². The molecule has 0 radical (unpaired) electrons. The molecular weight excluding hydrogens is 378 g/mol. The fourth-order valence-electron chi connectivity index (χ4n) is 1.54. The number of oxime groups is 1. The zero-order valence-corrected chi connectivity index (χ0v) is 13.9. The molecule has 21 heavy (non-hydrogen) atoms. The number of sulfonamides is 1. The van der Waals surface area contributed by atoms with E-state index in [4.69, 9.17) is 10.9 Å². The lowest BCUT2D eigenvalue weighted by molar-refractivity contribution is 0.318. The van der Waals surface area contributed by atoms with Crippen LogP contribution in [0.2, 0.25) is 0 Å². The van der Waals surface area contributed by atoms with Crippen LogP contribution >= 0.6 is 27.3 Å². The number of nitrogens with zero attached hydrogens (tertiary/aromatic N) is 1. The van der Waals surface area contributed by atoms with Gasteiger partial charge in [0.25, 0.3) is 0 Å². The van der Waals surface area contributed by atoms with E-state index in [1.807, 2.05) is 0 Å². The number of nitrogens with two attached hydrogens (primary N) is 1. The van der Waals surface area contributed by atoms with E-state index in [2.05, 4.69) is 25.8 Å². The monoisotopic (exact) mass is 389 g/mol. The first kappa shape index (κ1) is 16.0. The van der Waals surface area contributed by atoms with Crippen LogP contribution in [0.4, 0.5) is 0 Å². The fourth-order valence-corrected chi connectivity index (χ4v) is 4.61. The van der Waals surface area contributed by atoms with Crippen LogP contribution < -0.4 is 10.5 Å². The molecule has 0 atom stereocenters. The Kier molecular flexibility index (Phi) is 4.99. The first-order valence-corrected chi connectivity index (χ1v) is 8.83. The quantitative estimate of drug-likeness (QED) is 0.315. The maximum atomic E-state index is 12.0. The largest absolute Gasteiger partial charge is 0.409 e. The molecule has 0 saturated heterocycles. The lowest BCUT2D eigenvalue weighted by Gasteiger charge is -2.06. The van der Waals surface area contributed by atoms with Crippen LogP contribution in [-0.4, -0.2) is 19.5 Å². The van der Waals surface area contributed by atoms with Crippen LogP contribution in [0.5, 0.6) is 0 Å². The summed E-state index contributed by atoms with van der Waals surface area (Å²) in [6, 6.07) is 9.95. The minimum atomic E-state index is -3.52. The number of hydrogen-bond acceptors (Lipinski definition) is 5. The second kappa shape index (κ2) is 6.56. The van der Waals surface area contributed by atoms with Gasteiger partial charge in [-0.2, -0.15) is 0 Å². The summed E-state index contributed by atoms with van der Waals surface area (Å²) in [6.45, 7) is 0.161. The number of rotatable bonds is 5. The molecule has 0 aliphatic carbocycles. The molecule has 9 heteroatoms. The molecule has 2 aromatic rings. The average Bonchev–Trinajstić information content (AvgIpc) is 2.92. The lowest BCUT2D eigenvalue weighted by Crippen LogP contribution is -2.22. The van der Waals surface area contributed by atoms with Crippen molar-refractivity contribution in [2.75, 3.05) is 0 Å². The summed E-state index contributed by atoms with van der Waals surface area (Å²) in [5, 5.41) is 11.5. The predicted octanol–water partition coefficient (Wildman–Crippen LogP) is 2.08. The number of benzene rings is 1. The van der Waals surface area contributed by atoms with Crippen molar-refractivity contribution in [2.45, 2.75) is 10.8 Å². The molecule has 0 aliphatic rings. The lowest BCUT2D eigenvalue weighted by atomic mass is 10.1. The Labute approximate surface area is 134 Å². The van der Waals surface area contributed by atoms with Crippen molar-refractivity contribution < 1.29 is 13.6 Å². The standard InChI is InChI=1S/C12H12BrN3O3S2/c13-10-5-6-11(20-10)21(18,19)15-7-8-1-3-9(4-2-8)12(14)16-17/h1-6,15,17H,7H2,(H2,14,16). The van der Waals surface area contributed by atoms with Crippen molar-refractivity contribution in [3.05, 3.63) is 51.3 Å². The van der Waals surface area contributed by atoms with Gasteiger partial charge in [0.05, 0.1) is 3.79 Å². The average molecular weight is 390 g/mol. The molecule has 4 N–H and O–H groups in total. The van der Waals surface area contributed by atoms with Gasteiger partial charge in [-0.25, -0.2) is 13.1 Å². The highest BCUT2D eigenvalue weighted by atomic mass is 79.9. The highest BCUT2D eigenvalue weighted by Gasteiger charge is 2.15. The number of nitrogens with one attached hydrogen (secondary N) is 1. The summed E-state index contributed by atoms with van der Waals surface area (Å²) in [5.41, 5.74) is 6.78. The summed E-state index contributed by atoms with van der Waals surface area (Å²) >= 11 is 4.38. The molecule has 0 unspecified atom stereocenters. The molecular formula is C12H12BrN3O3S2. The minimum Gasteiger partial charge on any atom is -0.409 e. The van der Waals surface area contributed by atoms with Crippen molar-refractivity contribution in [3.63, 3.8) is 0 Å². The zero-order chi connectivity index (χ0) is 15.5. The van der Waals surface area contributed by atoms with Gasteiger partial charge < -0.3 is 10.9 Å². The molecule has 0 bridgehead atoms. The van der Waals surface area contributed by atoms with Gasteiger partial charge in [-0.05, 0) is 33.6 Å². The molecule has 2 rings (SSSR count). The Morgan fingerprint density at radius 2 is 1.95 bits per heavy atom. The second-order valence-corrected chi connectivity index (χ2v) is 8.52. The molecule has 1 aromatic carbocycles. The topological polar surface area (TPSA) is 105 Å². The predicted molar refractivity (Wildman–Crippen MR) is 85.0 cm³/mol. The number of hydrogen-bond donors (Lipinski definition) is 3. The van der Waals surface area contributed by atoms with Crippen molar-refractivity contribution >= 4 is 43.1 Å². The molecule has 112 valence electrons. The van der Waals surface area contributed by atoms with Crippen molar-refractivity contribution in [3.8, 4) is 0 Å². The summed E-state index contributed by atoms with van der Waals surface area (Å²) in [6.07, 6.45) is 0. The van der Waals surface area contributed by atoms with E-state index in [-0.39, 0.29) is 16.6 Å². The Bertz CT molecular complexity index is 754. The normalized spacial score (nSPS) is 12.5. The fraction of sp³-hybridized carbons (Fsp3) is 0.0833. The summed E-state index contributed by atoms with van der Waals surface area (Å²) in [5.74, 6) is 0.00515. The third-order valence-corrected chi connectivity index (χ3v) is 6.15. The molecule has 0 amide bonds. The van der Waals surface area contributed by atoms with Gasteiger partial charge >= 0.3 is 0 Å². The number of thiophene rings is 1. The molecule has 1 aromatic heterocycles. The van der Waals surface area contributed by atoms with Gasteiger partial charge in [0.2, 0.25) is 10.0 Å². The van der Waals surface area contributed by atoms with E-state index >= 15 is 0 Å². The van der Waals surface area contributed by atoms with E-state index in [9.17, 15) is 8.42 Å². The van der Waals surface area contributed by atoms with Crippen LogP contribution in [-0.2, 0) is 16.6 Å². The summed E-state index contributed by atoms with van der Waals surface area (Å²) < 4.78 is 27.6. The smallest absolute Gasteiger partial charge is 0.250 e. The van der Waals surface area contributed by atoms with Gasteiger partial charge in [-0.3, -0.25) is 0 Å².